The van der Waals surface area contributed by atoms with Crippen LogP contribution in [0, 0.1) is 11.6 Å². The Balaban J connectivity index is 1.62. The fraction of sp³-hybridized carbons (Fsp3) is 0.0870. The van der Waals surface area contributed by atoms with E-state index in [1.807, 2.05) is 0 Å². The molecule has 4 aromatic rings. The lowest BCUT2D eigenvalue weighted by Crippen LogP contribution is -2.16. The average Bonchev–Trinajstić information content (AvgIpc) is 2.81. The van der Waals surface area contributed by atoms with Crippen LogP contribution in [0.4, 0.5) is 39.5 Å². The van der Waals surface area contributed by atoms with E-state index in [0.717, 1.165) is 18.2 Å². The second-order valence-corrected chi connectivity index (χ2v) is 8.04. The molecular formula is C23H13Cl2F5N6O. The van der Waals surface area contributed by atoms with E-state index >= 15 is 0 Å². The molecule has 4 rings (SSSR count). The Kier molecular flexibility index (Phi) is 7.79. The van der Waals surface area contributed by atoms with Gasteiger partial charge in [-0.2, -0.15) is 20.1 Å². The number of anilines is 2. The van der Waals surface area contributed by atoms with Crippen molar-refractivity contribution >= 4 is 40.8 Å². The predicted molar refractivity (Wildman–Crippen MR) is 126 cm³/mol. The van der Waals surface area contributed by atoms with E-state index in [1.165, 1.54) is 42.5 Å². The van der Waals surface area contributed by atoms with Crippen LogP contribution in [0.3, 0.4) is 0 Å². The van der Waals surface area contributed by atoms with Crippen LogP contribution in [-0.4, -0.2) is 21.3 Å². The van der Waals surface area contributed by atoms with Gasteiger partial charge in [0.2, 0.25) is 5.95 Å². The van der Waals surface area contributed by atoms with E-state index in [4.69, 9.17) is 23.2 Å². The largest absolute Gasteiger partial charge is 0.573 e. The number of nitrogens with zero attached hydrogens (tertiary/aromatic N) is 5. The van der Waals surface area contributed by atoms with Crippen molar-refractivity contribution in [1.82, 2.24) is 15.0 Å². The van der Waals surface area contributed by atoms with Gasteiger partial charge in [-0.1, -0.05) is 41.4 Å². The zero-order valence-corrected chi connectivity index (χ0v) is 19.8. The van der Waals surface area contributed by atoms with Crippen molar-refractivity contribution in [3.8, 4) is 17.1 Å². The Bertz CT molecular complexity index is 1430. The quantitative estimate of drug-likeness (QED) is 0.184. The van der Waals surface area contributed by atoms with E-state index < -0.39 is 18.0 Å². The molecule has 0 aliphatic heterocycles. The van der Waals surface area contributed by atoms with Crippen molar-refractivity contribution in [1.29, 1.82) is 0 Å². The highest BCUT2D eigenvalue weighted by molar-refractivity contribution is 6.33. The fourth-order valence-electron chi connectivity index (χ4n) is 2.97. The molecule has 0 saturated carbocycles. The van der Waals surface area contributed by atoms with Crippen LogP contribution in [0.15, 0.2) is 70.9 Å². The monoisotopic (exact) mass is 554 g/mol. The van der Waals surface area contributed by atoms with Gasteiger partial charge in [0.1, 0.15) is 17.4 Å². The second kappa shape index (κ2) is 11.0. The molecular weight excluding hydrogens is 542 g/mol. The van der Waals surface area contributed by atoms with Crippen LogP contribution in [0.25, 0.3) is 11.4 Å². The molecule has 1 N–H and O–H groups in total. The third-order valence-electron chi connectivity index (χ3n) is 4.56. The van der Waals surface area contributed by atoms with Gasteiger partial charge in [-0.3, -0.25) is 0 Å². The van der Waals surface area contributed by atoms with Crippen LogP contribution in [0.2, 0.25) is 10.0 Å². The summed E-state index contributed by atoms with van der Waals surface area (Å²) in [6, 6.07) is 12.9. The van der Waals surface area contributed by atoms with E-state index in [0.29, 0.717) is 11.3 Å². The van der Waals surface area contributed by atoms with Crippen LogP contribution in [-0.2, 0) is 6.54 Å². The van der Waals surface area contributed by atoms with E-state index in [1.54, 1.807) is 0 Å². The van der Waals surface area contributed by atoms with E-state index in [9.17, 15) is 22.0 Å². The minimum Gasteiger partial charge on any atom is -0.406 e. The molecule has 0 spiro atoms. The molecule has 0 aliphatic carbocycles. The first kappa shape index (κ1) is 26.2. The molecule has 1 heterocycles. The second-order valence-electron chi connectivity index (χ2n) is 7.22. The number of hydrogen-bond donors (Lipinski definition) is 1. The number of halogens is 7. The molecule has 7 nitrogen and oxygen atoms in total. The number of rotatable bonds is 7. The van der Waals surface area contributed by atoms with Crippen molar-refractivity contribution in [3.05, 3.63) is 87.9 Å². The van der Waals surface area contributed by atoms with Crippen molar-refractivity contribution in [2.75, 3.05) is 5.32 Å². The van der Waals surface area contributed by atoms with Gasteiger partial charge in [-0.25, -0.2) is 8.78 Å². The highest BCUT2D eigenvalue weighted by Gasteiger charge is 2.30. The van der Waals surface area contributed by atoms with Crippen LogP contribution >= 0.6 is 23.2 Å². The van der Waals surface area contributed by atoms with Gasteiger partial charge in [-0.05, 0) is 48.0 Å². The zero-order valence-electron chi connectivity index (χ0n) is 18.3. The Morgan fingerprint density at radius 2 is 1.62 bits per heavy atom. The molecule has 0 bridgehead atoms. The lowest BCUT2D eigenvalue weighted by atomic mass is 10.2. The third kappa shape index (κ3) is 7.08. The lowest BCUT2D eigenvalue weighted by molar-refractivity contribution is -0.274. The standard InChI is InChI=1S/C23H13Cl2F5N6O/c24-15-2-1-3-18(27)19(15)20-33-21(32-13-6-9-17(26)16(25)10-13)35-22(34-20)36-31-11-12-4-7-14(8-5-12)37-23(28,29)30/h1-10H,11H2,(H,32,33,34,35). The maximum atomic E-state index is 14.5. The average molecular weight is 555 g/mol. The maximum Gasteiger partial charge on any atom is 0.573 e. The highest BCUT2D eigenvalue weighted by Crippen LogP contribution is 2.30. The summed E-state index contributed by atoms with van der Waals surface area (Å²) in [6.45, 7) is -0.0376. The predicted octanol–water partition coefficient (Wildman–Crippen LogP) is 8.05. The van der Waals surface area contributed by atoms with Gasteiger partial charge in [0.25, 0.3) is 5.95 Å². The van der Waals surface area contributed by atoms with Crippen LogP contribution in [0.5, 0.6) is 5.75 Å². The molecule has 37 heavy (non-hydrogen) atoms. The number of nitrogens with one attached hydrogen (secondary N) is 1. The first-order valence-corrected chi connectivity index (χ1v) is 11.0. The number of benzene rings is 3. The highest BCUT2D eigenvalue weighted by atomic mass is 35.5. The van der Waals surface area contributed by atoms with Gasteiger partial charge < -0.3 is 10.1 Å². The zero-order chi connectivity index (χ0) is 26.6. The Labute approximate surface area is 216 Å². The molecule has 0 amide bonds. The van der Waals surface area contributed by atoms with E-state index in [-0.39, 0.29) is 45.6 Å². The Morgan fingerprint density at radius 3 is 2.30 bits per heavy atom. The minimum atomic E-state index is -4.80. The van der Waals surface area contributed by atoms with Crippen molar-refractivity contribution in [2.45, 2.75) is 12.9 Å². The molecule has 190 valence electrons. The molecule has 0 saturated heterocycles. The summed E-state index contributed by atoms with van der Waals surface area (Å²) < 4.78 is 68.8. The summed E-state index contributed by atoms with van der Waals surface area (Å²) in [7, 11) is 0. The molecule has 0 atom stereocenters. The number of ether oxygens (including phenoxy) is 1. The molecule has 0 unspecified atom stereocenters. The van der Waals surface area contributed by atoms with Gasteiger partial charge in [0.15, 0.2) is 5.82 Å². The SMILES string of the molecule is Fc1ccc(Nc2nc(N=NCc3ccc(OC(F)(F)F)cc3)nc(-c3c(F)cccc3Cl)n2)cc1Cl. The number of hydrogen-bond acceptors (Lipinski definition) is 7. The topological polar surface area (TPSA) is 84.7 Å². The summed E-state index contributed by atoms with van der Waals surface area (Å²) in [5.41, 5.74) is 0.736. The van der Waals surface area contributed by atoms with E-state index in [2.05, 4.69) is 35.2 Å². The molecule has 0 radical (unpaired) electrons. The van der Waals surface area contributed by atoms with Gasteiger partial charge >= 0.3 is 6.36 Å². The Morgan fingerprint density at radius 1 is 0.865 bits per heavy atom. The molecule has 0 fully saturated rings. The van der Waals surface area contributed by atoms with Gasteiger partial charge in [0.05, 0.1) is 22.2 Å². The lowest BCUT2D eigenvalue weighted by Gasteiger charge is -2.09. The summed E-state index contributed by atoms with van der Waals surface area (Å²) in [5.74, 6) is -2.18. The van der Waals surface area contributed by atoms with Crippen molar-refractivity contribution < 1.29 is 26.7 Å². The molecule has 1 aromatic heterocycles. The van der Waals surface area contributed by atoms with Gasteiger partial charge in [0, 0.05) is 5.69 Å². The summed E-state index contributed by atoms with van der Waals surface area (Å²) in [6.07, 6.45) is -4.80. The number of alkyl halides is 3. The number of azo groups is 1. The van der Waals surface area contributed by atoms with Crippen molar-refractivity contribution in [2.24, 2.45) is 10.2 Å². The first-order chi connectivity index (χ1) is 17.6. The van der Waals surface area contributed by atoms with Crippen LogP contribution < -0.4 is 10.1 Å². The van der Waals surface area contributed by atoms with Crippen molar-refractivity contribution in [3.63, 3.8) is 0 Å². The summed E-state index contributed by atoms with van der Waals surface area (Å²) in [5, 5.41) is 10.6. The third-order valence-corrected chi connectivity index (χ3v) is 5.16. The molecule has 0 aliphatic rings. The normalized spacial score (nSPS) is 11.6. The summed E-state index contributed by atoms with van der Waals surface area (Å²) >= 11 is 12.0. The summed E-state index contributed by atoms with van der Waals surface area (Å²) in [4.78, 5) is 12.4. The van der Waals surface area contributed by atoms with Gasteiger partial charge in [-0.15, -0.1) is 18.3 Å². The fourth-order valence-corrected chi connectivity index (χ4v) is 3.40. The maximum absolute atomic E-state index is 14.5. The number of aromatic nitrogens is 3. The van der Waals surface area contributed by atoms with Crippen LogP contribution in [0.1, 0.15) is 5.56 Å². The smallest absolute Gasteiger partial charge is 0.406 e. The first-order valence-electron chi connectivity index (χ1n) is 10.2. The minimum absolute atomic E-state index is 0.0334. The Hall–Kier alpha value is -3.90. The molecule has 3 aromatic carbocycles. The molecule has 14 heteroatoms.